The second kappa shape index (κ2) is 7.81. The zero-order valence-electron chi connectivity index (χ0n) is 13.7. The summed E-state index contributed by atoms with van der Waals surface area (Å²) in [5.74, 6) is -0.440. The fourth-order valence-electron chi connectivity index (χ4n) is 2.13. The molecule has 0 aromatic heterocycles. The normalized spacial score (nSPS) is 12.2. The minimum absolute atomic E-state index is 0.0668. The predicted octanol–water partition coefficient (Wildman–Crippen LogP) is 2.38. The lowest BCUT2D eigenvalue weighted by molar-refractivity contribution is 0.102. The molecule has 24 heavy (non-hydrogen) atoms. The average Bonchev–Trinajstić information content (AvgIpc) is 2.55. The molecule has 0 aliphatic carbocycles. The molecule has 1 unspecified atom stereocenters. The van der Waals surface area contributed by atoms with Gasteiger partial charge in [0.1, 0.15) is 11.5 Å². The summed E-state index contributed by atoms with van der Waals surface area (Å²) in [4.78, 5) is 12.2. The van der Waals surface area contributed by atoms with Crippen LogP contribution in [0.25, 0.3) is 0 Å². The highest BCUT2D eigenvalue weighted by molar-refractivity contribution is 6.05. The van der Waals surface area contributed by atoms with Crippen LogP contribution in [0, 0.1) is 0 Å². The third-order valence-electron chi connectivity index (χ3n) is 3.50. The van der Waals surface area contributed by atoms with E-state index in [0.717, 1.165) is 0 Å². The van der Waals surface area contributed by atoms with Gasteiger partial charge in [-0.3, -0.25) is 4.79 Å². The molecule has 0 saturated carbocycles. The Balaban J connectivity index is 2.13. The first-order chi connectivity index (χ1) is 11.4. The summed E-state index contributed by atoms with van der Waals surface area (Å²) in [6, 6.07) is 10.6. The number of nitrogens with one attached hydrogen (secondary N) is 2. The Bertz CT molecular complexity index is 699. The molecule has 1 amide bonds. The third kappa shape index (κ3) is 4.71. The molecule has 2 aromatic carbocycles. The Morgan fingerprint density at radius 1 is 1.08 bits per heavy atom. The van der Waals surface area contributed by atoms with E-state index in [0.29, 0.717) is 17.7 Å². The van der Waals surface area contributed by atoms with Gasteiger partial charge in [0.2, 0.25) is 0 Å². The molecule has 0 radical (unpaired) electrons. The smallest absolute Gasteiger partial charge is 0.255 e. The fraction of sp³-hybridized carbons (Fsp3) is 0.278. The number of phenols is 2. The molecule has 6 heteroatoms. The molecule has 0 aliphatic heterocycles. The summed E-state index contributed by atoms with van der Waals surface area (Å²) in [6.07, 6.45) is -0.752. The van der Waals surface area contributed by atoms with Crippen LogP contribution in [0.1, 0.15) is 35.9 Å². The lowest BCUT2D eigenvalue weighted by Crippen LogP contribution is -2.27. The van der Waals surface area contributed by atoms with Crippen LogP contribution >= 0.6 is 0 Å². The zero-order valence-corrected chi connectivity index (χ0v) is 13.7. The molecular weight excluding hydrogens is 308 g/mol. The number of aliphatic hydroxyl groups excluding tert-OH is 1. The van der Waals surface area contributed by atoms with Gasteiger partial charge in [-0.1, -0.05) is 19.9 Å². The van der Waals surface area contributed by atoms with E-state index in [9.17, 15) is 20.1 Å². The van der Waals surface area contributed by atoms with E-state index in [4.69, 9.17) is 0 Å². The van der Waals surface area contributed by atoms with E-state index in [1.807, 2.05) is 13.8 Å². The van der Waals surface area contributed by atoms with Gasteiger partial charge in [0, 0.05) is 18.2 Å². The molecule has 2 rings (SSSR count). The molecular formula is C18H22N2O4. The second-order valence-electron chi connectivity index (χ2n) is 5.86. The van der Waals surface area contributed by atoms with Crippen molar-refractivity contribution in [2.45, 2.75) is 26.0 Å². The van der Waals surface area contributed by atoms with Gasteiger partial charge < -0.3 is 26.0 Å². The Kier molecular flexibility index (Phi) is 5.78. The molecule has 2 aromatic rings. The lowest BCUT2D eigenvalue weighted by atomic mass is 10.1. The fourth-order valence-corrected chi connectivity index (χ4v) is 2.13. The van der Waals surface area contributed by atoms with Crippen LogP contribution in [0.4, 0.5) is 5.69 Å². The summed E-state index contributed by atoms with van der Waals surface area (Å²) in [5.41, 5.74) is 1.15. The second-order valence-corrected chi connectivity index (χ2v) is 5.86. The molecule has 128 valence electrons. The minimum atomic E-state index is -0.752. The van der Waals surface area contributed by atoms with Gasteiger partial charge >= 0.3 is 0 Å². The van der Waals surface area contributed by atoms with E-state index in [-0.39, 0.29) is 23.2 Å². The summed E-state index contributed by atoms with van der Waals surface area (Å²) in [6.45, 7) is 4.33. The summed E-state index contributed by atoms with van der Waals surface area (Å²) < 4.78 is 0. The van der Waals surface area contributed by atoms with Gasteiger partial charge in [-0.2, -0.15) is 0 Å². The van der Waals surface area contributed by atoms with E-state index in [1.165, 1.54) is 30.3 Å². The first-order valence-corrected chi connectivity index (χ1v) is 7.71. The Morgan fingerprint density at radius 3 is 2.38 bits per heavy atom. The number of aliphatic hydroxyl groups is 1. The highest BCUT2D eigenvalue weighted by atomic mass is 16.3. The van der Waals surface area contributed by atoms with Crippen molar-refractivity contribution >= 4 is 11.6 Å². The highest BCUT2D eigenvalue weighted by Gasteiger charge is 2.13. The number of carbonyl (C=O) groups is 1. The van der Waals surface area contributed by atoms with Crippen molar-refractivity contribution in [1.82, 2.24) is 5.32 Å². The van der Waals surface area contributed by atoms with Crippen molar-refractivity contribution in [2.75, 3.05) is 11.9 Å². The largest absolute Gasteiger partial charge is 0.508 e. The first kappa shape index (κ1) is 17.8. The molecule has 0 bridgehead atoms. The van der Waals surface area contributed by atoms with E-state index < -0.39 is 12.0 Å². The van der Waals surface area contributed by atoms with Crippen LogP contribution in [0.15, 0.2) is 42.5 Å². The third-order valence-corrected chi connectivity index (χ3v) is 3.50. The van der Waals surface area contributed by atoms with Crippen LogP contribution in [0.3, 0.4) is 0 Å². The number of hydrogen-bond donors (Lipinski definition) is 5. The van der Waals surface area contributed by atoms with Crippen molar-refractivity contribution in [2.24, 2.45) is 0 Å². The Morgan fingerprint density at radius 2 is 1.75 bits per heavy atom. The molecule has 0 heterocycles. The maximum Gasteiger partial charge on any atom is 0.255 e. The van der Waals surface area contributed by atoms with Gasteiger partial charge in [0.15, 0.2) is 0 Å². The molecule has 0 spiro atoms. The van der Waals surface area contributed by atoms with Crippen molar-refractivity contribution in [3.63, 3.8) is 0 Å². The number of amides is 1. The van der Waals surface area contributed by atoms with Gasteiger partial charge in [-0.05, 0) is 42.0 Å². The van der Waals surface area contributed by atoms with Crippen molar-refractivity contribution < 1.29 is 20.1 Å². The van der Waals surface area contributed by atoms with Gasteiger partial charge in [-0.25, -0.2) is 0 Å². The molecule has 0 saturated heterocycles. The Hall–Kier alpha value is -2.57. The standard InChI is InChI=1S/C18H22N2O4/c1-11(2)19-10-17(23)13-5-8-16(22)15(9-13)20-18(24)12-3-6-14(21)7-4-12/h3-9,11,17,19,21-23H,10H2,1-2H3,(H,20,24). The quantitative estimate of drug-likeness (QED) is 0.524. The SMILES string of the molecule is CC(C)NCC(O)c1ccc(O)c(NC(=O)c2ccc(O)cc2)c1. The maximum atomic E-state index is 12.2. The first-order valence-electron chi connectivity index (χ1n) is 7.71. The summed E-state index contributed by atoms with van der Waals surface area (Å²) in [5, 5.41) is 35.1. The molecule has 1 atom stereocenters. The van der Waals surface area contributed by atoms with Crippen molar-refractivity contribution in [3.05, 3.63) is 53.6 Å². The number of hydrogen-bond acceptors (Lipinski definition) is 5. The molecule has 0 fully saturated rings. The van der Waals surface area contributed by atoms with Gasteiger partial charge in [0.25, 0.3) is 5.91 Å². The average molecular weight is 330 g/mol. The monoisotopic (exact) mass is 330 g/mol. The van der Waals surface area contributed by atoms with Crippen LogP contribution in [-0.4, -0.2) is 33.8 Å². The number of rotatable bonds is 6. The van der Waals surface area contributed by atoms with E-state index in [2.05, 4.69) is 10.6 Å². The highest BCUT2D eigenvalue weighted by Crippen LogP contribution is 2.27. The van der Waals surface area contributed by atoms with Gasteiger partial charge in [-0.15, -0.1) is 0 Å². The predicted molar refractivity (Wildman–Crippen MR) is 92.3 cm³/mol. The van der Waals surface area contributed by atoms with Crippen LogP contribution in [0.2, 0.25) is 0 Å². The number of anilines is 1. The van der Waals surface area contributed by atoms with Crippen LogP contribution < -0.4 is 10.6 Å². The molecule has 0 aliphatic rings. The van der Waals surface area contributed by atoms with Crippen LogP contribution in [-0.2, 0) is 0 Å². The summed E-state index contributed by atoms with van der Waals surface area (Å²) in [7, 11) is 0. The molecule has 6 nitrogen and oxygen atoms in total. The topological polar surface area (TPSA) is 102 Å². The van der Waals surface area contributed by atoms with Gasteiger partial charge in [0.05, 0.1) is 11.8 Å². The minimum Gasteiger partial charge on any atom is -0.508 e. The Labute approximate surface area is 140 Å². The van der Waals surface area contributed by atoms with Crippen LogP contribution in [0.5, 0.6) is 11.5 Å². The zero-order chi connectivity index (χ0) is 17.7. The number of aromatic hydroxyl groups is 2. The number of phenolic OH excluding ortho intramolecular Hbond substituents is 2. The van der Waals surface area contributed by atoms with E-state index >= 15 is 0 Å². The van der Waals surface area contributed by atoms with Crippen molar-refractivity contribution in [3.8, 4) is 11.5 Å². The summed E-state index contributed by atoms with van der Waals surface area (Å²) >= 11 is 0. The molecule has 5 N–H and O–H groups in total. The number of carbonyl (C=O) groups excluding carboxylic acids is 1. The lowest BCUT2D eigenvalue weighted by Gasteiger charge is -2.16. The van der Waals surface area contributed by atoms with E-state index in [1.54, 1.807) is 12.1 Å². The van der Waals surface area contributed by atoms with Crippen molar-refractivity contribution in [1.29, 1.82) is 0 Å². The number of benzene rings is 2. The maximum absolute atomic E-state index is 12.2.